The van der Waals surface area contributed by atoms with E-state index in [2.05, 4.69) is 0 Å². The number of nitrogens with zero attached hydrogens (tertiary/aromatic N) is 1. The third kappa shape index (κ3) is 3.13. The van der Waals surface area contributed by atoms with Gasteiger partial charge in [-0.3, -0.25) is 0 Å². The molecule has 0 amide bonds. The number of nitrogens with two attached hydrogens (primary N) is 1. The smallest absolute Gasteiger partial charge is 0.146 e. The summed E-state index contributed by atoms with van der Waals surface area (Å²) in [6, 6.07) is 6.91. The second-order valence-electron chi connectivity index (χ2n) is 6.36. The van der Waals surface area contributed by atoms with Crippen LogP contribution in [0.5, 0.6) is 0 Å². The number of hydrogen-bond acceptors (Lipinski definition) is 3. The average molecular weight is 278 g/mol. The van der Waals surface area contributed by atoms with Gasteiger partial charge in [-0.2, -0.15) is 0 Å². The molecule has 20 heavy (non-hydrogen) atoms. The van der Waals surface area contributed by atoms with Gasteiger partial charge in [0.1, 0.15) is 5.82 Å². The normalized spacial score (nSPS) is 28.4. The lowest BCUT2D eigenvalue weighted by Crippen LogP contribution is -2.48. The third-order valence-corrected chi connectivity index (χ3v) is 4.50. The molecule has 1 aliphatic heterocycles. The first kappa shape index (κ1) is 13.8. The van der Waals surface area contributed by atoms with E-state index in [0.717, 1.165) is 32.2 Å². The molecule has 1 heterocycles. The average Bonchev–Trinajstić information content (AvgIpc) is 3.22. The lowest BCUT2D eigenvalue weighted by atomic mass is 9.88. The van der Waals surface area contributed by atoms with Crippen molar-refractivity contribution in [3.63, 3.8) is 0 Å². The standard InChI is InChI=1S/C16H23FN2O/c17-14-3-1-2-4-15(14)19-9-11(7-13(18)10-19)8-16(20)12-5-6-12/h1-4,11-13,16,20H,5-10,18H2. The summed E-state index contributed by atoms with van der Waals surface area (Å²) in [6.45, 7) is 1.48. The highest BCUT2D eigenvalue weighted by molar-refractivity contribution is 5.48. The summed E-state index contributed by atoms with van der Waals surface area (Å²) < 4.78 is 13.9. The summed E-state index contributed by atoms with van der Waals surface area (Å²) in [4.78, 5) is 2.04. The Hall–Kier alpha value is -1.13. The highest BCUT2D eigenvalue weighted by Crippen LogP contribution is 2.37. The summed E-state index contributed by atoms with van der Waals surface area (Å²) in [5, 5.41) is 10.1. The maximum absolute atomic E-state index is 13.9. The van der Waals surface area contributed by atoms with Gasteiger partial charge in [-0.05, 0) is 49.7 Å². The Balaban J connectivity index is 1.68. The van der Waals surface area contributed by atoms with E-state index in [1.165, 1.54) is 6.07 Å². The zero-order chi connectivity index (χ0) is 14.1. The second-order valence-corrected chi connectivity index (χ2v) is 6.36. The summed E-state index contributed by atoms with van der Waals surface area (Å²) in [7, 11) is 0. The molecular formula is C16H23FN2O. The number of halogens is 1. The largest absolute Gasteiger partial charge is 0.393 e. The minimum atomic E-state index is -0.201. The molecule has 3 unspecified atom stereocenters. The van der Waals surface area contributed by atoms with E-state index in [0.29, 0.717) is 24.1 Å². The van der Waals surface area contributed by atoms with Crippen molar-refractivity contribution < 1.29 is 9.50 Å². The van der Waals surface area contributed by atoms with Crippen LogP contribution >= 0.6 is 0 Å². The van der Waals surface area contributed by atoms with Crippen LogP contribution in [0.1, 0.15) is 25.7 Å². The van der Waals surface area contributed by atoms with E-state index in [9.17, 15) is 9.50 Å². The van der Waals surface area contributed by atoms with E-state index >= 15 is 0 Å². The number of benzene rings is 1. The van der Waals surface area contributed by atoms with E-state index in [1.807, 2.05) is 17.0 Å². The van der Waals surface area contributed by atoms with Crippen molar-refractivity contribution in [3.8, 4) is 0 Å². The number of hydrogen-bond donors (Lipinski definition) is 2. The molecule has 2 aliphatic rings. The van der Waals surface area contributed by atoms with Crippen molar-refractivity contribution in [1.82, 2.24) is 0 Å². The lowest BCUT2D eigenvalue weighted by Gasteiger charge is -2.38. The van der Waals surface area contributed by atoms with Crippen molar-refractivity contribution in [3.05, 3.63) is 30.1 Å². The first-order chi connectivity index (χ1) is 9.63. The van der Waals surface area contributed by atoms with Gasteiger partial charge in [0.15, 0.2) is 0 Å². The molecular weight excluding hydrogens is 255 g/mol. The molecule has 0 radical (unpaired) electrons. The highest BCUT2D eigenvalue weighted by Gasteiger charge is 2.34. The molecule has 3 nitrogen and oxygen atoms in total. The molecule has 0 aromatic heterocycles. The van der Waals surface area contributed by atoms with Crippen molar-refractivity contribution >= 4 is 5.69 Å². The van der Waals surface area contributed by atoms with Gasteiger partial charge in [-0.1, -0.05) is 12.1 Å². The number of aliphatic hydroxyl groups excluding tert-OH is 1. The van der Waals surface area contributed by atoms with Crippen molar-refractivity contribution in [2.24, 2.45) is 17.6 Å². The topological polar surface area (TPSA) is 49.5 Å². The SMILES string of the molecule is NC1CC(CC(O)C2CC2)CN(c2ccccc2F)C1. The fraction of sp³-hybridized carbons (Fsp3) is 0.625. The molecule has 3 rings (SSSR count). The van der Waals surface area contributed by atoms with Gasteiger partial charge in [0, 0.05) is 19.1 Å². The fourth-order valence-electron chi connectivity index (χ4n) is 3.34. The van der Waals surface area contributed by atoms with Crippen LogP contribution in [0.25, 0.3) is 0 Å². The van der Waals surface area contributed by atoms with Gasteiger partial charge >= 0.3 is 0 Å². The number of piperidine rings is 1. The Kier molecular flexibility index (Phi) is 3.94. The van der Waals surface area contributed by atoms with Gasteiger partial charge in [0.2, 0.25) is 0 Å². The van der Waals surface area contributed by atoms with E-state index < -0.39 is 0 Å². The Morgan fingerprint density at radius 2 is 2.05 bits per heavy atom. The Morgan fingerprint density at radius 3 is 2.75 bits per heavy atom. The zero-order valence-corrected chi connectivity index (χ0v) is 11.7. The molecule has 1 aliphatic carbocycles. The summed E-state index contributed by atoms with van der Waals surface area (Å²) in [5.74, 6) is 0.659. The third-order valence-electron chi connectivity index (χ3n) is 4.50. The van der Waals surface area contributed by atoms with Crippen LogP contribution in [0.2, 0.25) is 0 Å². The van der Waals surface area contributed by atoms with Crippen LogP contribution in [0.4, 0.5) is 10.1 Å². The summed E-state index contributed by atoms with van der Waals surface area (Å²) in [6.07, 6.45) is 3.82. The lowest BCUT2D eigenvalue weighted by molar-refractivity contribution is 0.114. The molecule has 1 saturated carbocycles. The van der Waals surface area contributed by atoms with E-state index in [4.69, 9.17) is 5.73 Å². The maximum atomic E-state index is 13.9. The van der Waals surface area contributed by atoms with Crippen molar-refractivity contribution in [1.29, 1.82) is 0 Å². The van der Waals surface area contributed by atoms with Gasteiger partial charge in [-0.15, -0.1) is 0 Å². The molecule has 3 atom stereocenters. The number of aliphatic hydroxyl groups is 1. The number of rotatable bonds is 4. The van der Waals surface area contributed by atoms with E-state index in [-0.39, 0.29) is 18.0 Å². The summed E-state index contributed by atoms with van der Waals surface area (Å²) >= 11 is 0. The zero-order valence-electron chi connectivity index (χ0n) is 11.7. The molecule has 0 spiro atoms. The Bertz CT molecular complexity index is 464. The highest BCUT2D eigenvalue weighted by atomic mass is 19.1. The first-order valence-corrected chi connectivity index (χ1v) is 7.56. The quantitative estimate of drug-likeness (QED) is 0.887. The number of anilines is 1. The second kappa shape index (κ2) is 5.70. The van der Waals surface area contributed by atoms with Gasteiger partial charge in [-0.25, -0.2) is 4.39 Å². The van der Waals surface area contributed by atoms with Crippen LogP contribution in [-0.2, 0) is 0 Å². The molecule has 3 N–H and O–H groups in total. The predicted molar refractivity (Wildman–Crippen MR) is 78.0 cm³/mol. The fourth-order valence-corrected chi connectivity index (χ4v) is 3.34. The van der Waals surface area contributed by atoms with Crippen LogP contribution in [0.15, 0.2) is 24.3 Å². The van der Waals surface area contributed by atoms with Gasteiger partial charge in [0.05, 0.1) is 11.8 Å². The minimum Gasteiger partial charge on any atom is -0.393 e. The van der Waals surface area contributed by atoms with Crippen LogP contribution in [0, 0.1) is 17.7 Å². The van der Waals surface area contributed by atoms with Crippen LogP contribution in [-0.4, -0.2) is 30.3 Å². The maximum Gasteiger partial charge on any atom is 0.146 e. The monoisotopic (exact) mass is 278 g/mol. The van der Waals surface area contributed by atoms with E-state index in [1.54, 1.807) is 6.07 Å². The Labute approximate surface area is 119 Å². The Morgan fingerprint density at radius 1 is 1.30 bits per heavy atom. The predicted octanol–water partition coefficient (Wildman–Crippen LogP) is 2.14. The summed E-state index contributed by atoms with van der Waals surface area (Å²) in [5.41, 5.74) is 6.76. The molecule has 1 aromatic rings. The number of para-hydroxylation sites is 1. The molecule has 4 heteroatoms. The van der Waals surface area contributed by atoms with Gasteiger partial charge in [0.25, 0.3) is 0 Å². The first-order valence-electron chi connectivity index (χ1n) is 7.56. The van der Waals surface area contributed by atoms with Crippen LogP contribution in [0.3, 0.4) is 0 Å². The molecule has 1 saturated heterocycles. The van der Waals surface area contributed by atoms with Crippen molar-refractivity contribution in [2.45, 2.75) is 37.8 Å². The van der Waals surface area contributed by atoms with Crippen molar-refractivity contribution in [2.75, 3.05) is 18.0 Å². The molecule has 2 fully saturated rings. The molecule has 110 valence electrons. The van der Waals surface area contributed by atoms with Crippen LogP contribution < -0.4 is 10.6 Å². The van der Waals surface area contributed by atoms with Gasteiger partial charge < -0.3 is 15.7 Å². The molecule has 0 bridgehead atoms. The minimum absolute atomic E-state index is 0.0553. The molecule has 1 aromatic carbocycles.